The lowest BCUT2D eigenvalue weighted by molar-refractivity contribution is -0.131. The third-order valence-corrected chi connectivity index (χ3v) is 2.88. The van der Waals surface area contributed by atoms with Crippen LogP contribution in [-0.4, -0.2) is 35.5 Å². The van der Waals surface area contributed by atoms with E-state index in [1.165, 1.54) is 70.6 Å². The lowest BCUT2D eigenvalue weighted by Gasteiger charge is -2.00. The molecule has 0 aromatic carbocycles. The van der Waals surface area contributed by atoms with Crippen LogP contribution in [0.5, 0.6) is 0 Å². The van der Waals surface area contributed by atoms with E-state index in [0.29, 0.717) is 0 Å². The van der Waals surface area contributed by atoms with Gasteiger partial charge in [-0.05, 0) is 0 Å². The molecule has 0 bridgehead atoms. The zero-order valence-corrected chi connectivity index (χ0v) is 15.3. The van der Waals surface area contributed by atoms with Crippen molar-refractivity contribution in [3.63, 3.8) is 0 Å². The Balaban J connectivity index is -0.000000150. The largest absolute Gasteiger partial charge is 0.478 e. The van der Waals surface area contributed by atoms with Crippen LogP contribution in [0.1, 0.15) is 84.5 Å². The molecule has 136 valence electrons. The van der Waals surface area contributed by atoms with Gasteiger partial charge in [0.05, 0.1) is 0 Å². The Kier molecular flexibility index (Phi) is 48.9. The predicted molar refractivity (Wildman–Crippen MR) is 96.3 cm³/mol. The van der Waals surface area contributed by atoms with Crippen molar-refractivity contribution in [2.45, 2.75) is 84.5 Å². The maximum Gasteiger partial charge on any atom is 0.327 e. The minimum absolute atomic E-state index is 0.833. The molecule has 4 heteroatoms. The molecule has 4 nitrogen and oxygen atoms in total. The van der Waals surface area contributed by atoms with Crippen LogP contribution in [0.3, 0.4) is 0 Å². The van der Waals surface area contributed by atoms with Crippen LogP contribution in [0.2, 0.25) is 0 Å². The molecule has 0 atom stereocenters. The summed E-state index contributed by atoms with van der Waals surface area (Å²) in [6.07, 6.45) is 16.8. The fourth-order valence-corrected chi connectivity index (χ4v) is 1.74. The van der Waals surface area contributed by atoms with Gasteiger partial charge < -0.3 is 15.3 Å². The zero-order chi connectivity index (χ0) is 18.1. The quantitative estimate of drug-likeness (QED) is 0.378. The SMILES string of the molecule is C=CC(=O)O.CCCCCCCCCCCCC.CO.CO. The van der Waals surface area contributed by atoms with Crippen LogP contribution in [0.25, 0.3) is 0 Å². The topological polar surface area (TPSA) is 77.8 Å². The fraction of sp³-hybridized carbons (Fsp3) is 0.833. The van der Waals surface area contributed by atoms with Gasteiger partial charge in [-0.3, -0.25) is 0 Å². The molecule has 0 heterocycles. The molecule has 0 rings (SSSR count). The van der Waals surface area contributed by atoms with Gasteiger partial charge in [-0.1, -0.05) is 91.1 Å². The third kappa shape index (κ3) is 50.8. The number of aliphatic hydroxyl groups is 2. The number of hydrogen-bond acceptors (Lipinski definition) is 3. The summed E-state index contributed by atoms with van der Waals surface area (Å²) in [7, 11) is 2.00. The van der Waals surface area contributed by atoms with Crippen molar-refractivity contribution in [3.8, 4) is 0 Å². The molecule has 0 amide bonds. The van der Waals surface area contributed by atoms with E-state index in [-0.39, 0.29) is 0 Å². The lowest BCUT2D eigenvalue weighted by Crippen LogP contribution is -1.82. The van der Waals surface area contributed by atoms with Crippen LogP contribution in [-0.2, 0) is 4.79 Å². The highest BCUT2D eigenvalue weighted by Crippen LogP contribution is 2.10. The van der Waals surface area contributed by atoms with E-state index in [0.717, 1.165) is 20.3 Å². The summed E-state index contributed by atoms with van der Waals surface area (Å²) in [4.78, 5) is 9.25. The van der Waals surface area contributed by atoms with Crippen LogP contribution in [0.15, 0.2) is 12.7 Å². The van der Waals surface area contributed by atoms with Gasteiger partial charge in [0.2, 0.25) is 0 Å². The standard InChI is InChI=1S/C13H28.C3H4O2.2CH4O/c1-3-5-7-9-11-13-12-10-8-6-4-2;1-2-3(4)5;2*1-2/h3-13H2,1-2H3;2H,1H2,(H,4,5);2*2H,1H3. The summed E-state index contributed by atoms with van der Waals surface area (Å²) in [6, 6.07) is 0. The van der Waals surface area contributed by atoms with Crippen molar-refractivity contribution >= 4 is 5.97 Å². The van der Waals surface area contributed by atoms with E-state index >= 15 is 0 Å². The predicted octanol–water partition coefficient (Wildman–Crippen LogP) is 4.79. The molecular formula is C18H40O4. The van der Waals surface area contributed by atoms with Gasteiger partial charge >= 0.3 is 5.97 Å². The third-order valence-electron chi connectivity index (χ3n) is 2.88. The van der Waals surface area contributed by atoms with Gasteiger partial charge in [0, 0.05) is 20.3 Å². The van der Waals surface area contributed by atoms with Gasteiger partial charge in [-0.2, -0.15) is 0 Å². The molecule has 22 heavy (non-hydrogen) atoms. The molecule has 0 aromatic heterocycles. The summed E-state index contributed by atoms with van der Waals surface area (Å²) in [6.45, 7) is 7.53. The first-order valence-electron chi connectivity index (χ1n) is 8.43. The molecule has 0 aliphatic heterocycles. The van der Waals surface area contributed by atoms with Crippen molar-refractivity contribution in [2.75, 3.05) is 14.2 Å². The van der Waals surface area contributed by atoms with Crippen LogP contribution >= 0.6 is 0 Å². The molecule has 0 saturated carbocycles. The minimum atomic E-state index is -0.981. The van der Waals surface area contributed by atoms with Crippen molar-refractivity contribution in [1.29, 1.82) is 0 Å². The number of hydrogen-bond donors (Lipinski definition) is 3. The average Bonchev–Trinajstić information content (AvgIpc) is 2.57. The molecule has 0 fully saturated rings. The highest BCUT2D eigenvalue weighted by Gasteiger charge is 1.90. The molecule has 0 saturated heterocycles. The van der Waals surface area contributed by atoms with Crippen molar-refractivity contribution < 1.29 is 20.1 Å². The van der Waals surface area contributed by atoms with Crippen molar-refractivity contribution in [2.24, 2.45) is 0 Å². The molecule has 0 aliphatic carbocycles. The van der Waals surface area contributed by atoms with Crippen LogP contribution < -0.4 is 0 Å². The highest BCUT2D eigenvalue weighted by molar-refractivity contribution is 5.78. The maximum absolute atomic E-state index is 9.25. The van der Waals surface area contributed by atoms with Gasteiger partial charge in [0.1, 0.15) is 0 Å². The summed E-state index contributed by atoms with van der Waals surface area (Å²) in [5.74, 6) is -0.981. The first kappa shape index (κ1) is 29.2. The second kappa shape index (κ2) is 36.9. The van der Waals surface area contributed by atoms with Crippen LogP contribution in [0.4, 0.5) is 0 Å². The lowest BCUT2D eigenvalue weighted by atomic mass is 10.1. The Bertz CT molecular complexity index is 172. The number of carbonyl (C=O) groups is 1. The van der Waals surface area contributed by atoms with Crippen LogP contribution in [0, 0.1) is 0 Å². The van der Waals surface area contributed by atoms with E-state index in [4.69, 9.17) is 15.3 Å². The molecule has 0 spiro atoms. The number of aliphatic hydroxyl groups excluding tert-OH is 2. The summed E-state index contributed by atoms with van der Waals surface area (Å²) in [5, 5.41) is 21.6. The fourth-order valence-electron chi connectivity index (χ4n) is 1.74. The normalized spacial score (nSPS) is 8.27. The molecule has 0 radical (unpaired) electrons. The van der Waals surface area contributed by atoms with Gasteiger partial charge in [0.15, 0.2) is 0 Å². The average molecular weight is 321 g/mol. The van der Waals surface area contributed by atoms with Crippen molar-refractivity contribution in [3.05, 3.63) is 12.7 Å². The maximum atomic E-state index is 9.25. The van der Waals surface area contributed by atoms with E-state index < -0.39 is 5.97 Å². The molecule has 0 aromatic rings. The van der Waals surface area contributed by atoms with E-state index in [1.54, 1.807) is 0 Å². The summed E-state index contributed by atoms with van der Waals surface area (Å²) in [5.41, 5.74) is 0. The molecule has 0 unspecified atom stereocenters. The summed E-state index contributed by atoms with van der Waals surface area (Å²) < 4.78 is 0. The number of rotatable bonds is 11. The smallest absolute Gasteiger partial charge is 0.327 e. The second-order valence-electron chi connectivity index (χ2n) is 4.72. The van der Waals surface area contributed by atoms with Gasteiger partial charge in [-0.15, -0.1) is 0 Å². The zero-order valence-electron chi connectivity index (χ0n) is 15.3. The Morgan fingerprint density at radius 1 is 0.727 bits per heavy atom. The summed E-state index contributed by atoms with van der Waals surface area (Å²) >= 11 is 0. The Labute approximate surface area is 138 Å². The Morgan fingerprint density at radius 3 is 1.05 bits per heavy atom. The monoisotopic (exact) mass is 320 g/mol. The molecule has 0 aliphatic rings. The van der Waals surface area contributed by atoms with E-state index in [2.05, 4.69) is 20.4 Å². The molecular weight excluding hydrogens is 280 g/mol. The number of aliphatic carboxylic acids is 1. The van der Waals surface area contributed by atoms with E-state index in [1.807, 2.05) is 0 Å². The van der Waals surface area contributed by atoms with Gasteiger partial charge in [-0.25, -0.2) is 4.79 Å². The molecule has 3 N–H and O–H groups in total. The number of carboxylic acid groups (broad SMARTS) is 1. The number of carboxylic acids is 1. The second-order valence-corrected chi connectivity index (χ2v) is 4.72. The minimum Gasteiger partial charge on any atom is -0.478 e. The Hall–Kier alpha value is -0.870. The van der Waals surface area contributed by atoms with Crippen molar-refractivity contribution in [1.82, 2.24) is 0 Å². The first-order chi connectivity index (χ1) is 10.7. The van der Waals surface area contributed by atoms with Gasteiger partial charge in [0.25, 0.3) is 0 Å². The first-order valence-corrected chi connectivity index (χ1v) is 8.43. The Morgan fingerprint density at radius 2 is 0.909 bits per heavy atom. The van der Waals surface area contributed by atoms with E-state index in [9.17, 15) is 4.79 Å². The highest BCUT2D eigenvalue weighted by atomic mass is 16.4. The number of unbranched alkanes of at least 4 members (excludes halogenated alkanes) is 10.